The van der Waals surface area contributed by atoms with Crippen molar-refractivity contribution in [1.82, 2.24) is 10.3 Å². The van der Waals surface area contributed by atoms with Crippen molar-refractivity contribution in [2.75, 3.05) is 0 Å². The van der Waals surface area contributed by atoms with Gasteiger partial charge >= 0.3 is 0 Å². The van der Waals surface area contributed by atoms with Gasteiger partial charge in [-0.2, -0.15) is 0 Å². The van der Waals surface area contributed by atoms with Crippen LogP contribution in [0.2, 0.25) is 0 Å². The SMILES string of the molecule is CC(C)(C)C(=O)NC1=NN(C(=O)C(C)(C)C)C(CCC(N)=O)(c2ccccc2)S1. The number of hydrogen-bond donors (Lipinski definition) is 2. The van der Waals surface area contributed by atoms with Crippen LogP contribution in [0, 0.1) is 10.8 Å². The fourth-order valence-corrected chi connectivity index (χ4v) is 3.99. The Morgan fingerprint density at radius 2 is 1.66 bits per heavy atom. The van der Waals surface area contributed by atoms with Crippen LogP contribution in [0.3, 0.4) is 0 Å². The molecular formula is C21H30N4O3S. The van der Waals surface area contributed by atoms with Gasteiger partial charge in [0.25, 0.3) is 0 Å². The molecule has 0 saturated carbocycles. The molecule has 1 aromatic carbocycles. The van der Waals surface area contributed by atoms with Crippen LogP contribution in [0.5, 0.6) is 0 Å². The van der Waals surface area contributed by atoms with E-state index in [2.05, 4.69) is 10.4 Å². The Bertz CT molecular complexity index is 825. The largest absolute Gasteiger partial charge is 0.370 e. The molecule has 1 aliphatic rings. The first-order valence-electron chi connectivity index (χ1n) is 9.55. The summed E-state index contributed by atoms with van der Waals surface area (Å²) >= 11 is 1.27. The molecule has 3 N–H and O–H groups in total. The van der Waals surface area contributed by atoms with Gasteiger partial charge in [0.15, 0.2) is 5.17 Å². The topological polar surface area (TPSA) is 105 Å². The number of rotatable bonds is 4. The molecule has 0 bridgehead atoms. The monoisotopic (exact) mass is 418 g/mol. The molecule has 0 spiro atoms. The molecule has 158 valence electrons. The summed E-state index contributed by atoms with van der Waals surface area (Å²) in [6.45, 7) is 10.8. The number of hydrazone groups is 1. The molecule has 1 aromatic rings. The Labute approximate surface area is 176 Å². The lowest BCUT2D eigenvalue weighted by Crippen LogP contribution is -2.46. The zero-order chi connectivity index (χ0) is 22.0. The second-order valence-electron chi connectivity index (χ2n) is 9.20. The zero-order valence-electron chi connectivity index (χ0n) is 17.9. The average molecular weight is 419 g/mol. The predicted octanol–water partition coefficient (Wildman–Crippen LogP) is 3.16. The van der Waals surface area contributed by atoms with E-state index in [1.807, 2.05) is 51.1 Å². The molecule has 7 nitrogen and oxygen atoms in total. The van der Waals surface area contributed by atoms with Crippen LogP contribution < -0.4 is 11.1 Å². The number of nitrogens with zero attached hydrogens (tertiary/aromatic N) is 2. The Morgan fingerprint density at radius 3 is 2.14 bits per heavy atom. The number of benzene rings is 1. The van der Waals surface area contributed by atoms with Gasteiger partial charge in [0.2, 0.25) is 17.7 Å². The lowest BCUT2D eigenvalue weighted by Gasteiger charge is -2.38. The molecule has 0 radical (unpaired) electrons. The number of carbonyl (C=O) groups is 3. The van der Waals surface area contributed by atoms with Gasteiger partial charge < -0.3 is 11.1 Å². The summed E-state index contributed by atoms with van der Waals surface area (Å²) in [5.41, 5.74) is 4.92. The maximum atomic E-state index is 13.3. The van der Waals surface area contributed by atoms with Gasteiger partial charge in [-0.05, 0) is 12.0 Å². The quantitative estimate of drug-likeness (QED) is 0.783. The number of nitrogens with two attached hydrogens (primary N) is 1. The predicted molar refractivity (Wildman–Crippen MR) is 115 cm³/mol. The first-order valence-corrected chi connectivity index (χ1v) is 10.4. The van der Waals surface area contributed by atoms with E-state index in [0.717, 1.165) is 5.56 Å². The van der Waals surface area contributed by atoms with E-state index in [0.29, 0.717) is 5.17 Å². The lowest BCUT2D eigenvalue weighted by atomic mass is 9.92. The van der Waals surface area contributed by atoms with E-state index in [1.54, 1.807) is 20.8 Å². The number of primary amides is 1. The number of amides is 3. The highest BCUT2D eigenvalue weighted by atomic mass is 32.2. The van der Waals surface area contributed by atoms with E-state index in [4.69, 9.17) is 5.73 Å². The van der Waals surface area contributed by atoms with Crippen LogP contribution in [-0.4, -0.2) is 27.9 Å². The highest BCUT2D eigenvalue weighted by Crippen LogP contribution is 2.50. The minimum atomic E-state index is -0.971. The van der Waals surface area contributed by atoms with E-state index < -0.39 is 21.6 Å². The van der Waals surface area contributed by atoms with Gasteiger partial charge in [-0.1, -0.05) is 83.6 Å². The average Bonchev–Trinajstić information content (AvgIpc) is 2.97. The molecule has 0 aromatic heterocycles. The highest BCUT2D eigenvalue weighted by Gasteiger charge is 2.51. The first kappa shape index (κ1) is 22.9. The maximum Gasteiger partial charge on any atom is 0.249 e. The summed E-state index contributed by atoms with van der Waals surface area (Å²) < 4.78 is 0. The number of thioether (sulfide) groups is 1. The summed E-state index contributed by atoms with van der Waals surface area (Å²) in [5, 5.41) is 9.07. The Hall–Kier alpha value is -2.35. The molecule has 1 aliphatic heterocycles. The molecule has 1 unspecified atom stereocenters. The Balaban J connectivity index is 2.55. The van der Waals surface area contributed by atoms with Crippen LogP contribution in [-0.2, 0) is 19.3 Å². The summed E-state index contributed by atoms with van der Waals surface area (Å²) in [4.78, 5) is 36.5. The van der Waals surface area contributed by atoms with Crippen LogP contribution >= 0.6 is 11.8 Å². The second-order valence-corrected chi connectivity index (χ2v) is 10.5. The lowest BCUT2D eigenvalue weighted by molar-refractivity contribution is -0.143. The van der Waals surface area contributed by atoms with Crippen LogP contribution in [0.1, 0.15) is 59.9 Å². The van der Waals surface area contributed by atoms with Crippen LogP contribution in [0.15, 0.2) is 35.4 Å². The summed E-state index contributed by atoms with van der Waals surface area (Å²) in [6, 6.07) is 9.40. The van der Waals surface area contributed by atoms with Crippen LogP contribution in [0.25, 0.3) is 0 Å². The van der Waals surface area contributed by atoms with Crippen molar-refractivity contribution in [3.05, 3.63) is 35.9 Å². The van der Waals surface area contributed by atoms with Crippen molar-refractivity contribution >= 4 is 34.7 Å². The van der Waals surface area contributed by atoms with Gasteiger partial charge in [-0.3, -0.25) is 14.4 Å². The minimum Gasteiger partial charge on any atom is -0.370 e. The summed E-state index contributed by atoms with van der Waals surface area (Å²) in [6.07, 6.45) is 0.350. The normalized spacial score (nSPS) is 19.7. The number of carbonyl (C=O) groups excluding carboxylic acids is 3. The molecule has 29 heavy (non-hydrogen) atoms. The van der Waals surface area contributed by atoms with Gasteiger partial charge in [0, 0.05) is 17.3 Å². The third kappa shape index (κ3) is 5.18. The van der Waals surface area contributed by atoms with Crippen molar-refractivity contribution in [3.8, 4) is 0 Å². The molecule has 2 rings (SSSR count). The molecule has 3 amide bonds. The van der Waals surface area contributed by atoms with Crippen molar-refractivity contribution in [1.29, 1.82) is 0 Å². The molecule has 8 heteroatoms. The second kappa shape index (κ2) is 8.18. The molecule has 1 atom stereocenters. The van der Waals surface area contributed by atoms with E-state index in [1.165, 1.54) is 16.8 Å². The van der Waals surface area contributed by atoms with Crippen LogP contribution in [0.4, 0.5) is 0 Å². The molecule has 1 heterocycles. The van der Waals surface area contributed by atoms with Crippen molar-refractivity contribution in [2.45, 2.75) is 59.3 Å². The summed E-state index contributed by atoms with van der Waals surface area (Å²) in [7, 11) is 0. The maximum absolute atomic E-state index is 13.3. The Kier molecular flexibility index (Phi) is 6.47. The number of nitrogens with one attached hydrogen (secondary N) is 1. The van der Waals surface area contributed by atoms with E-state index in [9.17, 15) is 14.4 Å². The highest BCUT2D eigenvalue weighted by molar-refractivity contribution is 8.14. The number of amidine groups is 1. The third-order valence-electron chi connectivity index (χ3n) is 4.47. The van der Waals surface area contributed by atoms with E-state index in [-0.39, 0.29) is 24.7 Å². The van der Waals surface area contributed by atoms with Gasteiger partial charge in [0.1, 0.15) is 4.87 Å². The third-order valence-corrected chi connectivity index (χ3v) is 5.80. The van der Waals surface area contributed by atoms with Crippen molar-refractivity contribution in [3.63, 3.8) is 0 Å². The van der Waals surface area contributed by atoms with Gasteiger partial charge in [0.05, 0.1) is 0 Å². The molecule has 0 fully saturated rings. The molecule has 0 saturated heterocycles. The fourth-order valence-electron chi connectivity index (χ4n) is 2.73. The van der Waals surface area contributed by atoms with Crippen molar-refractivity contribution in [2.24, 2.45) is 21.7 Å². The van der Waals surface area contributed by atoms with Gasteiger partial charge in [-0.25, -0.2) is 5.01 Å². The Morgan fingerprint density at radius 1 is 1.07 bits per heavy atom. The smallest absolute Gasteiger partial charge is 0.249 e. The minimum absolute atomic E-state index is 0.0752. The standard InChI is InChI=1S/C21H30N4O3S/c1-19(2,3)16(27)23-18-24-25(17(28)20(4,5)6)21(29-18,13-12-15(22)26)14-10-8-7-9-11-14/h7-11H,12-13H2,1-6H3,(H2,22,26)(H,23,24,27). The number of hydrogen-bond acceptors (Lipinski definition) is 5. The fraction of sp³-hybridized carbons (Fsp3) is 0.524. The van der Waals surface area contributed by atoms with Gasteiger partial charge in [-0.15, -0.1) is 5.10 Å². The van der Waals surface area contributed by atoms with Crippen molar-refractivity contribution < 1.29 is 14.4 Å². The molecule has 0 aliphatic carbocycles. The zero-order valence-corrected chi connectivity index (χ0v) is 18.7. The first-order chi connectivity index (χ1) is 13.3. The molecular weight excluding hydrogens is 388 g/mol. The van der Waals surface area contributed by atoms with E-state index >= 15 is 0 Å². The summed E-state index contributed by atoms with van der Waals surface area (Å²) in [5.74, 6) is -0.875.